The molecule has 0 aromatic heterocycles. The second-order valence-corrected chi connectivity index (χ2v) is 3.82. The smallest absolute Gasteiger partial charge is 0.110 e. The predicted molar refractivity (Wildman–Crippen MR) is 50.6 cm³/mol. The van der Waals surface area contributed by atoms with Crippen LogP contribution in [0.15, 0.2) is 25.9 Å². The molecule has 60 valence electrons. The van der Waals surface area contributed by atoms with Gasteiger partial charge in [-0.15, -0.1) is 11.6 Å². The lowest BCUT2D eigenvalue weighted by molar-refractivity contribution is 1.29. The van der Waals surface area contributed by atoms with Crippen molar-refractivity contribution in [2.75, 3.05) is 0 Å². The standard InChI is InChI=1S/C6HCl5/c7-2-1-3(8)5(10)6(11)4(2)9/h4H. The first-order valence-corrected chi connectivity index (χ1v) is 4.50. The van der Waals surface area contributed by atoms with Crippen LogP contribution in [0.2, 0.25) is 0 Å². The quantitative estimate of drug-likeness (QED) is 0.448. The Hall–Kier alpha value is 0.710. The summed E-state index contributed by atoms with van der Waals surface area (Å²) in [7, 11) is 0. The van der Waals surface area contributed by atoms with E-state index in [1.54, 1.807) is 0 Å². The van der Waals surface area contributed by atoms with Crippen LogP contribution >= 0.6 is 58.0 Å². The molecule has 0 radical (unpaired) electrons. The van der Waals surface area contributed by atoms with Gasteiger partial charge >= 0.3 is 0 Å². The molecule has 0 spiro atoms. The van der Waals surface area contributed by atoms with Gasteiger partial charge in [0.25, 0.3) is 0 Å². The summed E-state index contributed by atoms with van der Waals surface area (Å²) < 4.78 is 0. The van der Waals surface area contributed by atoms with E-state index in [2.05, 4.69) is 5.73 Å². The van der Waals surface area contributed by atoms with Gasteiger partial charge in [-0.05, 0) is 0 Å². The van der Waals surface area contributed by atoms with Crippen molar-refractivity contribution in [3.05, 3.63) is 25.9 Å². The van der Waals surface area contributed by atoms with Crippen LogP contribution in [0.4, 0.5) is 0 Å². The number of rotatable bonds is 0. The minimum absolute atomic E-state index is 0.193. The lowest BCUT2D eigenvalue weighted by Gasteiger charge is -2.11. The van der Waals surface area contributed by atoms with E-state index in [1.807, 2.05) is 0 Å². The summed E-state index contributed by atoms with van der Waals surface area (Å²) in [6, 6.07) is 0. The maximum absolute atomic E-state index is 5.70. The minimum Gasteiger partial charge on any atom is -0.110 e. The normalized spacial score (nSPS) is 25.0. The second kappa shape index (κ2) is 3.62. The number of allylic oxidation sites excluding steroid dienone is 3. The Morgan fingerprint density at radius 1 is 1.09 bits per heavy atom. The van der Waals surface area contributed by atoms with Gasteiger partial charge in [0.1, 0.15) is 10.4 Å². The molecule has 1 atom stereocenters. The van der Waals surface area contributed by atoms with Gasteiger partial charge in [0.15, 0.2) is 0 Å². The van der Waals surface area contributed by atoms with Gasteiger partial charge in [-0.2, -0.15) is 0 Å². The van der Waals surface area contributed by atoms with E-state index < -0.39 is 5.38 Å². The molecule has 1 aliphatic rings. The average Bonchev–Trinajstić information content (AvgIpc) is 1.97. The molecule has 1 rings (SSSR count). The highest BCUT2D eigenvalue weighted by molar-refractivity contribution is 6.52. The second-order valence-electron chi connectivity index (χ2n) is 1.81. The number of alkyl halides is 1. The van der Waals surface area contributed by atoms with Crippen LogP contribution in [-0.2, 0) is 0 Å². The highest BCUT2D eigenvalue weighted by atomic mass is 35.5. The van der Waals surface area contributed by atoms with Crippen molar-refractivity contribution >= 4 is 58.0 Å². The van der Waals surface area contributed by atoms with Crippen molar-refractivity contribution in [2.24, 2.45) is 0 Å². The summed E-state index contributed by atoms with van der Waals surface area (Å²) in [4.78, 5) is 0. The Kier molecular flexibility index (Phi) is 3.22. The van der Waals surface area contributed by atoms with Crippen LogP contribution in [0.1, 0.15) is 0 Å². The largest absolute Gasteiger partial charge is 0.114 e. The van der Waals surface area contributed by atoms with Crippen molar-refractivity contribution in [2.45, 2.75) is 5.38 Å². The molecule has 0 saturated carbocycles. The zero-order chi connectivity index (χ0) is 8.59. The third-order valence-electron chi connectivity index (χ3n) is 1.08. The Morgan fingerprint density at radius 3 is 2.18 bits per heavy atom. The third-order valence-corrected chi connectivity index (χ3v) is 3.33. The molecule has 0 fully saturated rings. The minimum atomic E-state index is -0.617. The third kappa shape index (κ3) is 1.89. The fourth-order valence-corrected chi connectivity index (χ4v) is 1.69. The van der Waals surface area contributed by atoms with Gasteiger partial charge in [-0.25, -0.2) is 0 Å². The Labute approximate surface area is 89.0 Å². The maximum atomic E-state index is 5.70. The van der Waals surface area contributed by atoms with E-state index in [9.17, 15) is 0 Å². The topological polar surface area (TPSA) is 0 Å². The van der Waals surface area contributed by atoms with Crippen LogP contribution in [0, 0.1) is 0 Å². The zero-order valence-corrected chi connectivity index (χ0v) is 8.75. The van der Waals surface area contributed by atoms with Gasteiger partial charge in [0.2, 0.25) is 0 Å². The molecule has 0 aromatic rings. The summed E-state index contributed by atoms with van der Waals surface area (Å²) in [5, 5.41) is 0.276. The molecule has 0 heterocycles. The van der Waals surface area contributed by atoms with Gasteiger partial charge in [0, 0.05) is 0 Å². The monoisotopic (exact) mass is 248 g/mol. The summed E-state index contributed by atoms with van der Waals surface area (Å²) in [5.41, 5.74) is 2.57. The molecule has 0 aromatic carbocycles. The summed E-state index contributed by atoms with van der Waals surface area (Å²) in [6.07, 6.45) is 0. The van der Waals surface area contributed by atoms with E-state index in [0.717, 1.165) is 0 Å². The van der Waals surface area contributed by atoms with E-state index in [1.165, 1.54) is 0 Å². The molecule has 0 aliphatic heterocycles. The van der Waals surface area contributed by atoms with Crippen molar-refractivity contribution in [1.82, 2.24) is 0 Å². The maximum Gasteiger partial charge on any atom is 0.114 e. The summed E-state index contributed by atoms with van der Waals surface area (Å²) in [5.74, 6) is 0. The van der Waals surface area contributed by atoms with Crippen LogP contribution in [0.25, 0.3) is 0 Å². The molecule has 1 unspecified atom stereocenters. The molecule has 1 aliphatic carbocycles. The molecule has 0 amide bonds. The SMILES string of the molecule is ClC1=C=C(Cl)C(Cl)C(Cl)=C1Cl. The zero-order valence-electron chi connectivity index (χ0n) is 4.97. The average molecular weight is 250 g/mol. The lowest BCUT2D eigenvalue weighted by Crippen LogP contribution is -2.03. The first-order chi connectivity index (χ1) is 5.04. The van der Waals surface area contributed by atoms with Crippen LogP contribution < -0.4 is 0 Å². The van der Waals surface area contributed by atoms with Gasteiger partial charge in [0.05, 0.1) is 15.1 Å². The number of hydrogen-bond acceptors (Lipinski definition) is 0. The van der Waals surface area contributed by atoms with E-state index in [0.29, 0.717) is 0 Å². The fraction of sp³-hybridized carbons (Fsp3) is 0.167. The highest BCUT2D eigenvalue weighted by Crippen LogP contribution is 2.36. The highest BCUT2D eigenvalue weighted by Gasteiger charge is 2.22. The molecule has 5 heteroatoms. The van der Waals surface area contributed by atoms with Crippen molar-refractivity contribution < 1.29 is 0 Å². The molecule has 0 saturated heterocycles. The molecular formula is C6HCl5. The molecule has 0 N–H and O–H groups in total. The fourth-order valence-electron chi connectivity index (χ4n) is 0.550. The molecule has 0 bridgehead atoms. The van der Waals surface area contributed by atoms with E-state index in [-0.39, 0.29) is 20.1 Å². The molecular weight excluding hydrogens is 249 g/mol. The van der Waals surface area contributed by atoms with Crippen LogP contribution in [-0.4, -0.2) is 5.38 Å². The van der Waals surface area contributed by atoms with Gasteiger partial charge < -0.3 is 0 Å². The Balaban J connectivity index is 3.25. The summed E-state index contributed by atoms with van der Waals surface area (Å²) in [6.45, 7) is 0. The van der Waals surface area contributed by atoms with Crippen molar-refractivity contribution in [1.29, 1.82) is 0 Å². The first kappa shape index (κ1) is 9.80. The summed E-state index contributed by atoms with van der Waals surface area (Å²) >= 11 is 28.2. The lowest BCUT2D eigenvalue weighted by atomic mass is 10.2. The van der Waals surface area contributed by atoms with Crippen molar-refractivity contribution in [3.8, 4) is 0 Å². The van der Waals surface area contributed by atoms with Crippen LogP contribution in [0.3, 0.4) is 0 Å². The van der Waals surface area contributed by atoms with Gasteiger partial charge in [-0.1, -0.05) is 52.1 Å². The number of halogens is 5. The Bertz CT molecular complexity index is 281. The first-order valence-electron chi connectivity index (χ1n) is 2.55. The molecule has 0 nitrogen and oxygen atoms in total. The van der Waals surface area contributed by atoms with E-state index >= 15 is 0 Å². The Morgan fingerprint density at radius 2 is 1.64 bits per heavy atom. The van der Waals surface area contributed by atoms with Gasteiger partial charge in [-0.3, -0.25) is 0 Å². The predicted octanol–water partition coefficient (Wildman–Crippen LogP) is 4.14. The van der Waals surface area contributed by atoms with E-state index in [4.69, 9.17) is 58.0 Å². The number of hydrogen-bond donors (Lipinski definition) is 0. The van der Waals surface area contributed by atoms with Crippen molar-refractivity contribution in [3.63, 3.8) is 0 Å². The van der Waals surface area contributed by atoms with Crippen LogP contribution in [0.5, 0.6) is 0 Å². The molecule has 11 heavy (non-hydrogen) atoms.